The summed E-state index contributed by atoms with van der Waals surface area (Å²) in [6.45, 7) is 4.36. The third-order valence-electron chi connectivity index (χ3n) is 3.50. The second-order valence-electron chi connectivity index (χ2n) is 4.88. The van der Waals surface area contributed by atoms with E-state index in [4.69, 9.17) is 14.9 Å². The van der Waals surface area contributed by atoms with E-state index < -0.39 is 0 Å². The molecular weight excluding hydrogens is 268 g/mol. The Hall–Kier alpha value is -2.50. The number of amidine groups is 1. The number of aliphatic imine (C=N–C) groups is 1. The Balaban J connectivity index is 1.72. The van der Waals surface area contributed by atoms with E-state index in [1.165, 1.54) is 6.39 Å². The Kier molecular flexibility index (Phi) is 3.77. The van der Waals surface area contributed by atoms with Crippen LogP contribution in [0.5, 0.6) is 0 Å². The lowest BCUT2D eigenvalue weighted by atomic mass is 10.1. The van der Waals surface area contributed by atoms with E-state index in [2.05, 4.69) is 33.9 Å². The zero-order valence-corrected chi connectivity index (χ0v) is 11.9. The van der Waals surface area contributed by atoms with Crippen LogP contribution in [0.2, 0.25) is 0 Å². The summed E-state index contributed by atoms with van der Waals surface area (Å²) < 4.78 is 10.5. The quantitative estimate of drug-likeness (QED) is 0.908. The molecule has 2 aromatic rings. The molecule has 1 aliphatic heterocycles. The Morgan fingerprint density at radius 2 is 2.14 bits per heavy atom. The molecule has 1 unspecified atom stereocenters. The molecule has 0 aliphatic carbocycles. The number of benzene rings is 1. The number of likely N-dealkylation sites (N-methyl/N-ethyl adjacent to an activating group) is 1. The van der Waals surface area contributed by atoms with Gasteiger partial charge in [0.1, 0.15) is 12.6 Å². The molecule has 2 N–H and O–H groups in total. The SMILES string of the molecule is CCN(CC1COC(N)=N1)c1ccc(-c2cnco2)cc1. The summed E-state index contributed by atoms with van der Waals surface area (Å²) in [7, 11) is 0. The Morgan fingerprint density at radius 3 is 2.71 bits per heavy atom. The zero-order chi connectivity index (χ0) is 14.7. The maximum atomic E-state index is 5.55. The van der Waals surface area contributed by atoms with Gasteiger partial charge in [0.2, 0.25) is 0 Å². The first kappa shape index (κ1) is 13.5. The van der Waals surface area contributed by atoms with E-state index >= 15 is 0 Å². The topological polar surface area (TPSA) is 76.9 Å². The number of hydrogen-bond donors (Lipinski definition) is 1. The summed E-state index contributed by atoms with van der Waals surface area (Å²) in [5.41, 5.74) is 7.70. The third-order valence-corrected chi connectivity index (χ3v) is 3.50. The van der Waals surface area contributed by atoms with Crippen molar-refractivity contribution in [2.24, 2.45) is 10.7 Å². The number of nitrogens with two attached hydrogens (primary N) is 1. The third kappa shape index (κ3) is 2.99. The first-order valence-corrected chi connectivity index (χ1v) is 6.96. The molecule has 0 bridgehead atoms. The van der Waals surface area contributed by atoms with Crippen LogP contribution >= 0.6 is 0 Å². The van der Waals surface area contributed by atoms with E-state index in [-0.39, 0.29) is 12.1 Å². The lowest BCUT2D eigenvalue weighted by Crippen LogP contribution is -2.32. The van der Waals surface area contributed by atoms with Gasteiger partial charge in [-0.25, -0.2) is 9.98 Å². The Morgan fingerprint density at radius 1 is 1.33 bits per heavy atom. The van der Waals surface area contributed by atoms with E-state index in [0.717, 1.165) is 30.1 Å². The maximum absolute atomic E-state index is 5.55. The van der Waals surface area contributed by atoms with Crippen molar-refractivity contribution in [2.75, 3.05) is 24.6 Å². The lowest BCUT2D eigenvalue weighted by molar-refractivity contribution is 0.313. The monoisotopic (exact) mass is 286 g/mol. The molecule has 0 saturated carbocycles. The molecule has 21 heavy (non-hydrogen) atoms. The van der Waals surface area contributed by atoms with Crippen molar-refractivity contribution in [1.82, 2.24) is 4.98 Å². The van der Waals surface area contributed by atoms with Crippen LogP contribution in [0, 0.1) is 0 Å². The molecule has 1 aromatic carbocycles. The molecule has 6 heteroatoms. The maximum Gasteiger partial charge on any atom is 0.282 e. The van der Waals surface area contributed by atoms with Crippen molar-refractivity contribution < 1.29 is 9.15 Å². The first-order chi connectivity index (χ1) is 10.3. The van der Waals surface area contributed by atoms with Crippen LogP contribution in [0.3, 0.4) is 0 Å². The molecule has 0 fully saturated rings. The highest BCUT2D eigenvalue weighted by molar-refractivity contribution is 5.73. The van der Waals surface area contributed by atoms with Crippen molar-refractivity contribution in [1.29, 1.82) is 0 Å². The van der Waals surface area contributed by atoms with E-state index in [9.17, 15) is 0 Å². The summed E-state index contributed by atoms with van der Waals surface area (Å²) >= 11 is 0. The van der Waals surface area contributed by atoms with E-state index in [1.807, 2.05) is 12.1 Å². The van der Waals surface area contributed by atoms with Crippen molar-refractivity contribution in [3.63, 3.8) is 0 Å². The minimum absolute atomic E-state index is 0.0962. The number of ether oxygens (including phenoxy) is 1. The molecule has 1 atom stereocenters. The van der Waals surface area contributed by atoms with Gasteiger partial charge in [0, 0.05) is 24.3 Å². The molecule has 0 saturated heterocycles. The van der Waals surface area contributed by atoms with E-state index in [0.29, 0.717) is 6.61 Å². The van der Waals surface area contributed by atoms with Crippen molar-refractivity contribution in [3.8, 4) is 11.3 Å². The second kappa shape index (κ2) is 5.87. The van der Waals surface area contributed by atoms with Crippen LogP contribution in [0.1, 0.15) is 6.92 Å². The van der Waals surface area contributed by atoms with Crippen molar-refractivity contribution in [2.45, 2.75) is 13.0 Å². The smallest absolute Gasteiger partial charge is 0.282 e. The summed E-state index contributed by atoms with van der Waals surface area (Å²) in [5.74, 6) is 0.770. The van der Waals surface area contributed by atoms with Crippen LogP contribution in [0.15, 0.2) is 46.3 Å². The molecule has 1 aromatic heterocycles. The largest absolute Gasteiger partial charge is 0.463 e. The number of aromatic nitrogens is 1. The van der Waals surface area contributed by atoms with Gasteiger partial charge in [0.15, 0.2) is 12.2 Å². The second-order valence-corrected chi connectivity index (χ2v) is 4.88. The van der Waals surface area contributed by atoms with Gasteiger partial charge in [-0.05, 0) is 31.2 Å². The molecule has 1 aliphatic rings. The number of anilines is 1. The number of hydrogen-bond acceptors (Lipinski definition) is 6. The van der Waals surface area contributed by atoms with Gasteiger partial charge in [0.25, 0.3) is 6.02 Å². The van der Waals surface area contributed by atoms with Crippen LogP contribution in [-0.4, -0.2) is 36.7 Å². The molecule has 0 radical (unpaired) electrons. The predicted molar refractivity (Wildman–Crippen MR) is 81.2 cm³/mol. The van der Waals surface area contributed by atoms with Crippen LogP contribution < -0.4 is 10.6 Å². The molecule has 0 amide bonds. The van der Waals surface area contributed by atoms with Crippen molar-refractivity contribution >= 4 is 11.7 Å². The van der Waals surface area contributed by atoms with Gasteiger partial charge >= 0.3 is 0 Å². The summed E-state index contributed by atoms with van der Waals surface area (Å²) in [5, 5.41) is 0. The zero-order valence-electron chi connectivity index (χ0n) is 11.9. The standard InChI is InChI=1S/C15H18N4O2/c1-2-19(8-12-9-20-15(16)18-12)13-5-3-11(4-6-13)14-7-17-10-21-14/h3-7,10,12H,2,8-9H2,1H3,(H2,16,18). The highest BCUT2D eigenvalue weighted by Crippen LogP contribution is 2.23. The molecule has 2 heterocycles. The highest BCUT2D eigenvalue weighted by atomic mass is 16.5. The summed E-state index contributed by atoms with van der Waals surface area (Å²) in [6, 6.07) is 8.59. The normalized spacial score (nSPS) is 17.4. The Labute approximate surface area is 123 Å². The van der Waals surface area contributed by atoms with Gasteiger partial charge in [-0.1, -0.05) is 0 Å². The predicted octanol–water partition coefficient (Wildman–Crippen LogP) is 1.88. The lowest BCUT2D eigenvalue weighted by Gasteiger charge is -2.24. The van der Waals surface area contributed by atoms with Gasteiger partial charge in [-0.2, -0.15) is 0 Å². The average Bonchev–Trinajstić information content (AvgIpc) is 3.17. The number of oxazole rings is 1. The fourth-order valence-electron chi connectivity index (χ4n) is 2.40. The Bertz CT molecular complexity index is 607. The van der Waals surface area contributed by atoms with Crippen molar-refractivity contribution in [3.05, 3.63) is 36.9 Å². The molecule has 0 spiro atoms. The molecule has 3 rings (SSSR count). The molecule has 110 valence electrons. The van der Waals surface area contributed by atoms with Crippen LogP contribution in [-0.2, 0) is 4.74 Å². The fraction of sp³-hybridized carbons (Fsp3) is 0.333. The fourth-order valence-corrected chi connectivity index (χ4v) is 2.40. The number of nitrogens with zero attached hydrogens (tertiary/aromatic N) is 3. The summed E-state index contributed by atoms with van der Waals surface area (Å²) in [6.07, 6.45) is 3.14. The van der Waals surface area contributed by atoms with Gasteiger partial charge in [-0.15, -0.1) is 0 Å². The van der Waals surface area contributed by atoms with E-state index in [1.54, 1.807) is 6.20 Å². The van der Waals surface area contributed by atoms with Gasteiger partial charge in [-0.3, -0.25) is 0 Å². The van der Waals surface area contributed by atoms with Crippen LogP contribution in [0.4, 0.5) is 5.69 Å². The minimum atomic E-state index is 0.0962. The van der Waals surface area contributed by atoms with Crippen LogP contribution in [0.25, 0.3) is 11.3 Å². The average molecular weight is 286 g/mol. The van der Waals surface area contributed by atoms with Gasteiger partial charge in [0.05, 0.1) is 6.20 Å². The minimum Gasteiger partial charge on any atom is -0.463 e. The molecular formula is C15H18N4O2. The molecule has 6 nitrogen and oxygen atoms in total. The summed E-state index contributed by atoms with van der Waals surface area (Å²) in [4.78, 5) is 10.4. The number of rotatable bonds is 5. The highest BCUT2D eigenvalue weighted by Gasteiger charge is 2.19. The van der Waals surface area contributed by atoms with Gasteiger partial charge < -0.3 is 19.8 Å². The first-order valence-electron chi connectivity index (χ1n) is 6.96.